The van der Waals surface area contributed by atoms with Crippen LogP contribution >= 0.6 is 0 Å². The van der Waals surface area contributed by atoms with Gasteiger partial charge in [-0.3, -0.25) is 4.79 Å². The van der Waals surface area contributed by atoms with E-state index < -0.39 is 5.97 Å². The Labute approximate surface area is 107 Å². The van der Waals surface area contributed by atoms with Crippen LogP contribution in [0.4, 0.5) is 0 Å². The zero-order valence-electron chi connectivity index (χ0n) is 10.7. The Bertz CT molecular complexity index is 406. The van der Waals surface area contributed by atoms with Crippen molar-refractivity contribution in [2.45, 2.75) is 25.5 Å². The fourth-order valence-electron chi connectivity index (χ4n) is 1.79. The molecule has 1 aromatic carbocycles. The molecule has 0 aliphatic heterocycles. The monoisotopic (exact) mass is 253 g/mol. The van der Waals surface area contributed by atoms with Crippen LogP contribution in [0.25, 0.3) is 0 Å². The van der Waals surface area contributed by atoms with Gasteiger partial charge in [0, 0.05) is 19.6 Å². The third-order valence-electron chi connectivity index (χ3n) is 2.72. The van der Waals surface area contributed by atoms with Crippen molar-refractivity contribution in [3.05, 3.63) is 29.3 Å². The van der Waals surface area contributed by atoms with E-state index in [2.05, 4.69) is 0 Å². The van der Waals surface area contributed by atoms with E-state index >= 15 is 0 Å². The van der Waals surface area contributed by atoms with Crippen molar-refractivity contribution in [2.24, 2.45) is 5.73 Å². The summed E-state index contributed by atoms with van der Waals surface area (Å²) in [6.07, 6.45) is 0.456. The molecule has 3 N–H and O–H groups in total. The number of methoxy groups -OCH3 is 2. The van der Waals surface area contributed by atoms with E-state index in [1.54, 1.807) is 14.2 Å². The molecule has 0 radical (unpaired) electrons. The zero-order valence-corrected chi connectivity index (χ0v) is 10.7. The summed E-state index contributed by atoms with van der Waals surface area (Å²) in [5, 5.41) is 8.66. The van der Waals surface area contributed by atoms with Gasteiger partial charge in [0.1, 0.15) is 5.75 Å². The summed E-state index contributed by atoms with van der Waals surface area (Å²) in [6.45, 7) is 0.424. The highest BCUT2D eigenvalue weighted by Crippen LogP contribution is 2.25. The van der Waals surface area contributed by atoms with Crippen LogP contribution in [-0.2, 0) is 16.1 Å². The highest BCUT2D eigenvalue weighted by molar-refractivity contribution is 5.66. The summed E-state index contributed by atoms with van der Waals surface area (Å²) >= 11 is 0. The lowest BCUT2D eigenvalue weighted by Crippen LogP contribution is -2.14. The van der Waals surface area contributed by atoms with Crippen molar-refractivity contribution in [3.8, 4) is 5.75 Å². The van der Waals surface area contributed by atoms with Crippen LogP contribution in [0.1, 0.15) is 30.0 Å². The molecule has 5 heteroatoms. The van der Waals surface area contributed by atoms with Crippen molar-refractivity contribution in [3.63, 3.8) is 0 Å². The number of carbonyl (C=O) groups is 1. The molecule has 1 aromatic rings. The standard InChI is InChI=1S/C13H19NO4/c1-17-8-9-7-10(18-2)3-4-11(9)12(14)5-6-13(15)16/h3-4,7,12H,5-6,8,14H2,1-2H3,(H,15,16). The molecule has 0 amide bonds. The molecular formula is C13H19NO4. The lowest BCUT2D eigenvalue weighted by molar-refractivity contribution is -0.137. The summed E-state index contributed by atoms with van der Waals surface area (Å²) < 4.78 is 10.3. The van der Waals surface area contributed by atoms with Gasteiger partial charge < -0.3 is 20.3 Å². The smallest absolute Gasteiger partial charge is 0.303 e. The number of hydrogen-bond donors (Lipinski definition) is 2. The number of carboxylic acid groups (broad SMARTS) is 1. The van der Waals surface area contributed by atoms with Crippen LogP contribution in [0.2, 0.25) is 0 Å². The fourth-order valence-corrected chi connectivity index (χ4v) is 1.79. The molecule has 0 heterocycles. The van der Waals surface area contributed by atoms with Crippen LogP contribution in [0.15, 0.2) is 18.2 Å². The highest BCUT2D eigenvalue weighted by atomic mass is 16.5. The van der Waals surface area contributed by atoms with Gasteiger partial charge in [-0.05, 0) is 29.7 Å². The van der Waals surface area contributed by atoms with Gasteiger partial charge in [0.05, 0.1) is 13.7 Å². The predicted octanol–water partition coefficient (Wildman–Crippen LogP) is 1.71. The molecule has 18 heavy (non-hydrogen) atoms. The molecule has 5 nitrogen and oxygen atoms in total. The van der Waals surface area contributed by atoms with Crippen LogP contribution in [-0.4, -0.2) is 25.3 Å². The second-order valence-electron chi connectivity index (χ2n) is 4.04. The number of aliphatic carboxylic acids is 1. The zero-order chi connectivity index (χ0) is 13.5. The summed E-state index contributed by atoms with van der Waals surface area (Å²) in [7, 11) is 3.20. The Morgan fingerprint density at radius 1 is 1.44 bits per heavy atom. The molecule has 0 aliphatic carbocycles. The molecule has 0 aliphatic rings. The van der Waals surface area contributed by atoms with Gasteiger partial charge in [0.2, 0.25) is 0 Å². The second kappa shape index (κ2) is 6.98. The van der Waals surface area contributed by atoms with E-state index in [-0.39, 0.29) is 12.5 Å². The summed E-state index contributed by atoms with van der Waals surface area (Å²) in [6, 6.07) is 5.23. The number of nitrogens with two attached hydrogens (primary N) is 1. The first kappa shape index (κ1) is 14.5. The first-order valence-corrected chi connectivity index (χ1v) is 5.71. The summed E-state index contributed by atoms with van der Waals surface area (Å²) in [5.41, 5.74) is 7.83. The lowest BCUT2D eigenvalue weighted by Gasteiger charge is -2.16. The molecule has 1 unspecified atom stereocenters. The van der Waals surface area contributed by atoms with Crippen LogP contribution in [0.3, 0.4) is 0 Å². The SMILES string of the molecule is COCc1cc(OC)ccc1C(N)CCC(=O)O. The molecular weight excluding hydrogens is 234 g/mol. The van der Waals surface area contributed by atoms with Crippen molar-refractivity contribution in [1.29, 1.82) is 0 Å². The van der Waals surface area contributed by atoms with Crippen molar-refractivity contribution in [2.75, 3.05) is 14.2 Å². The minimum absolute atomic E-state index is 0.0552. The molecule has 0 fully saturated rings. The minimum atomic E-state index is -0.841. The van der Waals surface area contributed by atoms with E-state index in [1.165, 1.54) is 0 Å². The van der Waals surface area contributed by atoms with Gasteiger partial charge in [-0.25, -0.2) is 0 Å². The maximum atomic E-state index is 10.5. The van der Waals surface area contributed by atoms with Gasteiger partial charge >= 0.3 is 5.97 Å². The normalized spacial score (nSPS) is 12.2. The van der Waals surface area contributed by atoms with E-state index in [0.717, 1.165) is 16.9 Å². The van der Waals surface area contributed by atoms with Crippen LogP contribution < -0.4 is 10.5 Å². The molecule has 100 valence electrons. The number of rotatable bonds is 7. The topological polar surface area (TPSA) is 81.8 Å². The Morgan fingerprint density at radius 3 is 2.72 bits per heavy atom. The molecule has 1 atom stereocenters. The second-order valence-corrected chi connectivity index (χ2v) is 4.04. The number of benzene rings is 1. The number of hydrogen-bond acceptors (Lipinski definition) is 4. The van der Waals surface area contributed by atoms with E-state index in [9.17, 15) is 4.79 Å². The Kier molecular flexibility index (Phi) is 5.61. The fraction of sp³-hybridized carbons (Fsp3) is 0.462. The maximum Gasteiger partial charge on any atom is 0.303 e. The first-order chi connectivity index (χ1) is 8.58. The predicted molar refractivity (Wildman–Crippen MR) is 67.5 cm³/mol. The van der Waals surface area contributed by atoms with Crippen LogP contribution in [0.5, 0.6) is 5.75 Å². The van der Waals surface area contributed by atoms with Gasteiger partial charge in [-0.15, -0.1) is 0 Å². The average molecular weight is 253 g/mol. The number of ether oxygens (including phenoxy) is 2. The Hall–Kier alpha value is -1.59. The molecule has 0 spiro atoms. The maximum absolute atomic E-state index is 10.5. The minimum Gasteiger partial charge on any atom is -0.497 e. The summed E-state index contributed by atoms with van der Waals surface area (Å²) in [5.74, 6) is -0.108. The van der Waals surface area contributed by atoms with Crippen molar-refractivity contribution < 1.29 is 19.4 Å². The Balaban J connectivity index is 2.88. The van der Waals surface area contributed by atoms with Crippen LogP contribution in [0, 0.1) is 0 Å². The summed E-state index contributed by atoms with van der Waals surface area (Å²) in [4.78, 5) is 10.5. The molecule has 0 bridgehead atoms. The average Bonchev–Trinajstić information content (AvgIpc) is 2.36. The molecule has 0 aromatic heterocycles. The van der Waals surface area contributed by atoms with Gasteiger partial charge in [0.15, 0.2) is 0 Å². The lowest BCUT2D eigenvalue weighted by atomic mass is 9.97. The van der Waals surface area contributed by atoms with E-state index in [4.69, 9.17) is 20.3 Å². The third-order valence-corrected chi connectivity index (χ3v) is 2.72. The molecule has 0 saturated heterocycles. The van der Waals surface area contributed by atoms with Crippen molar-refractivity contribution >= 4 is 5.97 Å². The third kappa shape index (κ3) is 4.01. The largest absolute Gasteiger partial charge is 0.497 e. The van der Waals surface area contributed by atoms with Gasteiger partial charge in [-0.1, -0.05) is 6.07 Å². The van der Waals surface area contributed by atoms with E-state index in [0.29, 0.717) is 13.0 Å². The van der Waals surface area contributed by atoms with E-state index in [1.807, 2.05) is 18.2 Å². The quantitative estimate of drug-likeness (QED) is 0.773. The Morgan fingerprint density at radius 2 is 2.17 bits per heavy atom. The first-order valence-electron chi connectivity index (χ1n) is 5.71. The number of carboxylic acids is 1. The highest BCUT2D eigenvalue weighted by Gasteiger charge is 2.13. The molecule has 1 rings (SSSR count). The molecule has 0 saturated carbocycles. The van der Waals surface area contributed by atoms with Gasteiger partial charge in [-0.2, -0.15) is 0 Å². The van der Waals surface area contributed by atoms with Gasteiger partial charge in [0.25, 0.3) is 0 Å². The van der Waals surface area contributed by atoms with Crippen molar-refractivity contribution in [1.82, 2.24) is 0 Å².